The Morgan fingerprint density at radius 1 is 1.00 bits per heavy atom. The normalized spacial score (nSPS) is 10.3. The lowest BCUT2D eigenvalue weighted by Gasteiger charge is -2.12. The molecule has 0 atom stereocenters. The predicted molar refractivity (Wildman–Crippen MR) is 66.8 cm³/mol. The average molecular weight is 231 g/mol. The molecule has 0 bridgehead atoms. The van der Waals surface area contributed by atoms with Gasteiger partial charge in [-0.1, -0.05) is 18.2 Å². The molecule has 2 nitrogen and oxygen atoms in total. The third-order valence-electron chi connectivity index (χ3n) is 2.65. The van der Waals surface area contributed by atoms with Crippen molar-refractivity contribution in [1.82, 2.24) is 0 Å². The number of nitrogens with two attached hydrogens (primary N) is 1. The summed E-state index contributed by atoms with van der Waals surface area (Å²) >= 11 is 0. The van der Waals surface area contributed by atoms with Gasteiger partial charge >= 0.3 is 0 Å². The molecule has 0 radical (unpaired) electrons. The maximum absolute atomic E-state index is 13.1. The monoisotopic (exact) mass is 231 g/mol. The van der Waals surface area contributed by atoms with Gasteiger partial charge in [-0.05, 0) is 37.1 Å². The number of halogens is 1. The van der Waals surface area contributed by atoms with Crippen LogP contribution >= 0.6 is 0 Å². The van der Waals surface area contributed by atoms with Crippen LogP contribution in [0.15, 0.2) is 36.4 Å². The fourth-order valence-electron chi connectivity index (χ4n) is 1.55. The highest BCUT2D eigenvalue weighted by atomic mass is 19.1. The lowest BCUT2D eigenvalue weighted by Crippen LogP contribution is -1.96. The fourth-order valence-corrected chi connectivity index (χ4v) is 1.55. The quantitative estimate of drug-likeness (QED) is 0.797. The molecule has 0 aliphatic heterocycles. The second kappa shape index (κ2) is 4.45. The van der Waals surface area contributed by atoms with Gasteiger partial charge in [0, 0.05) is 6.07 Å². The molecule has 0 saturated heterocycles. The maximum atomic E-state index is 13.1. The highest BCUT2D eigenvalue weighted by Crippen LogP contribution is 2.31. The molecular formula is C14H14FNO. The first-order valence-corrected chi connectivity index (χ1v) is 5.37. The molecule has 2 aromatic carbocycles. The molecule has 0 aliphatic rings. The molecule has 0 spiro atoms. The van der Waals surface area contributed by atoms with E-state index in [-0.39, 0.29) is 5.82 Å². The van der Waals surface area contributed by atoms with E-state index in [2.05, 4.69) is 0 Å². The van der Waals surface area contributed by atoms with Gasteiger partial charge in [0.1, 0.15) is 11.6 Å². The zero-order chi connectivity index (χ0) is 12.4. The molecular weight excluding hydrogens is 217 g/mol. The van der Waals surface area contributed by atoms with E-state index in [1.165, 1.54) is 12.1 Å². The Kier molecular flexibility index (Phi) is 3.00. The topological polar surface area (TPSA) is 35.2 Å². The summed E-state index contributed by atoms with van der Waals surface area (Å²) in [5, 5.41) is 0. The minimum absolute atomic E-state index is 0.322. The second-order valence-electron chi connectivity index (χ2n) is 4.00. The van der Waals surface area contributed by atoms with E-state index in [9.17, 15) is 4.39 Å². The molecule has 0 amide bonds. The SMILES string of the molecule is Cc1ccc(F)cc1Oc1cccc(C)c1N. The predicted octanol–water partition coefficient (Wildman–Crippen LogP) is 3.82. The van der Waals surface area contributed by atoms with Crippen molar-refractivity contribution in [3.8, 4) is 11.5 Å². The van der Waals surface area contributed by atoms with Gasteiger partial charge in [0.25, 0.3) is 0 Å². The van der Waals surface area contributed by atoms with Gasteiger partial charge in [-0.25, -0.2) is 4.39 Å². The molecule has 0 fully saturated rings. The van der Waals surface area contributed by atoms with E-state index < -0.39 is 0 Å². The van der Waals surface area contributed by atoms with E-state index in [1.54, 1.807) is 12.1 Å². The Morgan fingerprint density at radius 3 is 2.53 bits per heavy atom. The second-order valence-corrected chi connectivity index (χ2v) is 4.00. The molecule has 0 aliphatic carbocycles. The number of para-hydroxylation sites is 1. The Bertz CT molecular complexity index is 552. The summed E-state index contributed by atoms with van der Waals surface area (Å²) in [5.41, 5.74) is 8.29. The zero-order valence-electron chi connectivity index (χ0n) is 9.83. The largest absolute Gasteiger partial charge is 0.455 e. The zero-order valence-corrected chi connectivity index (χ0v) is 9.83. The van der Waals surface area contributed by atoms with E-state index in [0.29, 0.717) is 17.2 Å². The van der Waals surface area contributed by atoms with Crippen molar-refractivity contribution in [2.45, 2.75) is 13.8 Å². The number of anilines is 1. The first kappa shape index (κ1) is 11.5. The molecule has 0 saturated carbocycles. The summed E-state index contributed by atoms with van der Waals surface area (Å²) in [6, 6.07) is 9.97. The molecule has 2 N–H and O–H groups in total. The van der Waals surface area contributed by atoms with Crippen LogP contribution in [0.5, 0.6) is 11.5 Å². The van der Waals surface area contributed by atoms with Crippen molar-refractivity contribution in [2.24, 2.45) is 0 Å². The lowest BCUT2D eigenvalue weighted by molar-refractivity contribution is 0.475. The van der Waals surface area contributed by atoms with Crippen LogP contribution in [0, 0.1) is 19.7 Å². The maximum Gasteiger partial charge on any atom is 0.150 e. The van der Waals surface area contributed by atoms with Gasteiger partial charge < -0.3 is 10.5 Å². The number of nitrogen functional groups attached to an aromatic ring is 1. The number of hydrogen-bond acceptors (Lipinski definition) is 2. The standard InChI is InChI=1S/C14H14FNO/c1-9-6-7-11(15)8-13(9)17-12-5-3-4-10(2)14(12)16/h3-8H,16H2,1-2H3. The van der Waals surface area contributed by atoms with Crippen LogP contribution in [0.3, 0.4) is 0 Å². The number of hydrogen-bond donors (Lipinski definition) is 1. The summed E-state index contributed by atoms with van der Waals surface area (Å²) < 4.78 is 18.8. The Hall–Kier alpha value is -2.03. The van der Waals surface area contributed by atoms with Crippen LogP contribution in [-0.2, 0) is 0 Å². The minimum Gasteiger partial charge on any atom is -0.455 e. The van der Waals surface area contributed by atoms with Crippen molar-refractivity contribution < 1.29 is 9.13 Å². The van der Waals surface area contributed by atoms with Crippen LogP contribution < -0.4 is 10.5 Å². The van der Waals surface area contributed by atoms with E-state index >= 15 is 0 Å². The van der Waals surface area contributed by atoms with Crippen molar-refractivity contribution in [3.63, 3.8) is 0 Å². The minimum atomic E-state index is -0.322. The molecule has 17 heavy (non-hydrogen) atoms. The molecule has 0 unspecified atom stereocenters. The average Bonchev–Trinajstić information content (AvgIpc) is 2.30. The Balaban J connectivity index is 2.38. The van der Waals surface area contributed by atoms with Gasteiger partial charge in [0.05, 0.1) is 5.69 Å². The molecule has 2 aromatic rings. The summed E-state index contributed by atoms with van der Waals surface area (Å²) in [5.74, 6) is 0.720. The Morgan fingerprint density at radius 2 is 1.76 bits per heavy atom. The Labute approximate surface area is 99.8 Å². The number of aryl methyl sites for hydroxylation is 2. The van der Waals surface area contributed by atoms with Gasteiger partial charge in [0.15, 0.2) is 5.75 Å². The first-order chi connectivity index (χ1) is 8.08. The van der Waals surface area contributed by atoms with Crippen LogP contribution in [0.1, 0.15) is 11.1 Å². The molecule has 0 heterocycles. The number of rotatable bonds is 2. The smallest absolute Gasteiger partial charge is 0.150 e. The highest BCUT2D eigenvalue weighted by molar-refractivity contribution is 5.59. The molecule has 88 valence electrons. The number of ether oxygens (including phenoxy) is 1. The molecule has 2 rings (SSSR count). The van der Waals surface area contributed by atoms with Crippen LogP contribution in [0.25, 0.3) is 0 Å². The van der Waals surface area contributed by atoms with Gasteiger partial charge in [-0.2, -0.15) is 0 Å². The van der Waals surface area contributed by atoms with E-state index in [0.717, 1.165) is 11.1 Å². The van der Waals surface area contributed by atoms with Crippen LogP contribution in [-0.4, -0.2) is 0 Å². The van der Waals surface area contributed by atoms with Crippen molar-refractivity contribution in [1.29, 1.82) is 0 Å². The summed E-state index contributed by atoms with van der Waals surface area (Å²) in [6.45, 7) is 3.77. The van der Waals surface area contributed by atoms with Gasteiger partial charge in [-0.3, -0.25) is 0 Å². The van der Waals surface area contributed by atoms with Crippen LogP contribution in [0.2, 0.25) is 0 Å². The van der Waals surface area contributed by atoms with Crippen molar-refractivity contribution in [2.75, 3.05) is 5.73 Å². The summed E-state index contributed by atoms with van der Waals surface area (Å²) in [7, 11) is 0. The third-order valence-corrected chi connectivity index (χ3v) is 2.65. The van der Waals surface area contributed by atoms with Gasteiger partial charge in [-0.15, -0.1) is 0 Å². The van der Waals surface area contributed by atoms with E-state index in [1.807, 2.05) is 26.0 Å². The first-order valence-electron chi connectivity index (χ1n) is 5.37. The summed E-state index contributed by atoms with van der Waals surface area (Å²) in [4.78, 5) is 0. The van der Waals surface area contributed by atoms with Crippen LogP contribution in [0.4, 0.5) is 10.1 Å². The molecule has 0 aromatic heterocycles. The van der Waals surface area contributed by atoms with E-state index in [4.69, 9.17) is 10.5 Å². The lowest BCUT2D eigenvalue weighted by atomic mass is 10.2. The number of benzene rings is 2. The third kappa shape index (κ3) is 2.38. The highest BCUT2D eigenvalue weighted by Gasteiger charge is 2.07. The summed E-state index contributed by atoms with van der Waals surface area (Å²) in [6.07, 6.45) is 0. The molecule has 3 heteroatoms. The fraction of sp³-hybridized carbons (Fsp3) is 0.143. The van der Waals surface area contributed by atoms with Gasteiger partial charge in [0.2, 0.25) is 0 Å². The van der Waals surface area contributed by atoms with Crippen molar-refractivity contribution >= 4 is 5.69 Å². The van der Waals surface area contributed by atoms with Crippen molar-refractivity contribution in [3.05, 3.63) is 53.3 Å².